The molecule has 2 aromatic rings. The zero-order valence-electron chi connectivity index (χ0n) is 11.8. The summed E-state index contributed by atoms with van der Waals surface area (Å²) in [6.07, 6.45) is -5.46. The van der Waals surface area contributed by atoms with Crippen LogP contribution < -0.4 is 0 Å². The van der Waals surface area contributed by atoms with Gasteiger partial charge in [0.1, 0.15) is 0 Å². The van der Waals surface area contributed by atoms with Gasteiger partial charge in [-0.05, 0) is 36.4 Å². The number of thioether (sulfide) groups is 1. The largest absolute Gasteiger partial charge is 0.417 e. The minimum absolute atomic E-state index is 0.0416. The first-order valence-electron chi connectivity index (χ1n) is 6.66. The number of aromatic amines is 1. The molecule has 0 unspecified atom stereocenters. The highest BCUT2D eigenvalue weighted by molar-refractivity contribution is 7.98. The Balaban J connectivity index is 2.18. The van der Waals surface area contributed by atoms with Crippen LogP contribution in [-0.2, 0) is 12.6 Å². The molecule has 1 aromatic carbocycles. The third-order valence-electron chi connectivity index (χ3n) is 3.90. The van der Waals surface area contributed by atoms with Crippen LogP contribution in [-0.4, -0.2) is 17.4 Å². The molecule has 1 aromatic heterocycles. The van der Waals surface area contributed by atoms with Crippen LogP contribution >= 0.6 is 11.8 Å². The van der Waals surface area contributed by atoms with Gasteiger partial charge in [-0.15, -0.1) is 11.8 Å². The van der Waals surface area contributed by atoms with Crippen molar-refractivity contribution < 1.29 is 26.3 Å². The Morgan fingerprint density at radius 3 is 2.39 bits per heavy atom. The smallest absolute Gasteiger partial charge is 0.355 e. The SMILES string of the molecule is CSc1cc2[nH]c3c(c2cc1C(F)(F)F)C[C@H](C(F)(F)F)C=C3. The first kappa shape index (κ1) is 16.3. The fourth-order valence-corrected chi connectivity index (χ4v) is 3.41. The Morgan fingerprint density at radius 2 is 1.83 bits per heavy atom. The second kappa shape index (κ2) is 5.22. The van der Waals surface area contributed by atoms with Gasteiger partial charge in [0.15, 0.2) is 0 Å². The van der Waals surface area contributed by atoms with Crippen molar-refractivity contribution >= 4 is 28.7 Å². The lowest BCUT2D eigenvalue weighted by Crippen LogP contribution is -2.24. The van der Waals surface area contributed by atoms with Crippen LogP contribution in [0.4, 0.5) is 26.3 Å². The molecule has 1 aliphatic rings. The fraction of sp³-hybridized carbons (Fsp3) is 0.333. The Labute approximate surface area is 131 Å². The van der Waals surface area contributed by atoms with E-state index in [-0.39, 0.29) is 22.3 Å². The molecule has 0 fully saturated rings. The van der Waals surface area contributed by atoms with Crippen LogP contribution in [0.15, 0.2) is 23.1 Å². The molecule has 1 atom stereocenters. The summed E-state index contributed by atoms with van der Waals surface area (Å²) in [6, 6.07) is 2.29. The fourth-order valence-electron chi connectivity index (χ4n) is 2.78. The predicted molar refractivity (Wildman–Crippen MR) is 77.4 cm³/mol. The lowest BCUT2D eigenvalue weighted by atomic mass is 9.91. The second-order valence-electron chi connectivity index (χ2n) is 5.32. The van der Waals surface area contributed by atoms with Crippen LogP contribution in [0.5, 0.6) is 0 Å². The van der Waals surface area contributed by atoms with E-state index in [0.29, 0.717) is 11.2 Å². The van der Waals surface area contributed by atoms with Gasteiger partial charge in [0.2, 0.25) is 0 Å². The van der Waals surface area contributed by atoms with Gasteiger partial charge in [0.05, 0.1) is 11.5 Å². The highest BCUT2D eigenvalue weighted by Crippen LogP contribution is 2.42. The van der Waals surface area contributed by atoms with E-state index in [1.807, 2.05) is 0 Å². The van der Waals surface area contributed by atoms with Crippen LogP contribution in [0.25, 0.3) is 17.0 Å². The molecule has 23 heavy (non-hydrogen) atoms. The summed E-state index contributed by atoms with van der Waals surface area (Å²) < 4.78 is 78.1. The van der Waals surface area contributed by atoms with Gasteiger partial charge in [-0.25, -0.2) is 0 Å². The minimum atomic E-state index is -4.55. The van der Waals surface area contributed by atoms with E-state index in [2.05, 4.69) is 4.98 Å². The molecule has 1 aliphatic carbocycles. The summed E-state index contributed by atoms with van der Waals surface area (Å²) in [5.41, 5.74) is 0.312. The summed E-state index contributed by atoms with van der Waals surface area (Å²) >= 11 is 0.950. The third kappa shape index (κ3) is 2.84. The highest BCUT2D eigenvalue weighted by Gasteiger charge is 2.40. The van der Waals surface area contributed by atoms with Crippen molar-refractivity contribution in [1.82, 2.24) is 4.98 Å². The predicted octanol–water partition coefficient (Wildman–Crippen LogP) is 5.66. The van der Waals surface area contributed by atoms with Crippen LogP contribution in [0, 0.1) is 5.92 Å². The van der Waals surface area contributed by atoms with Crippen molar-refractivity contribution in [1.29, 1.82) is 0 Å². The van der Waals surface area contributed by atoms with Gasteiger partial charge in [-0.3, -0.25) is 0 Å². The third-order valence-corrected chi connectivity index (χ3v) is 4.68. The number of rotatable bonds is 1. The number of aromatic nitrogens is 1. The van der Waals surface area contributed by atoms with E-state index in [9.17, 15) is 26.3 Å². The molecule has 0 spiro atoms. The van der Waals surface area contributed by atoms with Crippen LogP contribution in [0.2, 0.25) is 0 Å². The van der Waals surface area contributed by atoms with Gasteiger partial charge in [-0.1, -0.05) is 6.08 Å². The van der Waals surface area contributed by atoms with Crippen LogP contribution in [0.1, 0.15) is 16.8 Å². The Morgan fingerprint density at radius 1 is 1.13 bits per heavy atom. The number of hydrogen-bond acceptors (Lipinski definition) is 1. The molecule has 0 bridgehead atoms. The molecule has 3 rings (SSSR count). The number of nitrogens with one attached hydrogen (secondary N) is 1. The Bertz CT molecular complexity index is 784. The average molecular weight is 351 g/mol. The lowest BCUT2D eigenvalue weighted by Gasteiger charge is -2.20. The van der Waals surface area contributed by atoms with Crippen LogP contribution in [0.3, 0.4) is 0 Å². The number of allylic oxidation sites excluding steroid dienone is 1. The number of halogens is 6. The summed E-state index contributed by atoms with van der Waals surface area (Å²) in [7, 11) is 0. The van der Waals surface area contributed by atoms with E-state index in [0.717, 1.165) is 23.9 Å². The maximum Gasteiger partial charge on any atom is 0.417 e. The number of benzene rings is 1. The number of fused-ring (bicyclic) bond motifs is 3. The zero-order chi connectivity index (χ0) is 17.0. The molecule has 0 radical (unpaired) electrons. The maximum atomic E-state index is 13.2. The molecule has 124 valence electrons. The monoisotopic (exact) mass is 351 g/mol. The standard InChI is InChI=1S/C15H11F6NS/c1-23-13-6-12-9(5-10(13)15(19,20)21)8-4-7(14(16,17)18)2-3-11(8)22-12/h2-3,5-7,22H,4H2,1H3/t7-/m1/s1. The molecule has 1 N–H and O–H groups in total. The number of H-pyrrole nitrogens is 1. The van der Waals surface area contributed by atoms with Gasteiger partial charge in [0, 0.05) is 21.5 Å². The van der Waals surface area contributed by atoms with Crippen molar-refractivity contribution in [2.75, 3.05) is 6.26 Å². The summed E-state index contributed by atoms with van der Waals surface area (Å²) in [5, 5.41) is 0.198. The lowest BCUT2D eigenvalue weighted by molar-refractivity contribution is -0.160. The number of hydrogen-bond donors (Lipinski definition) is 1. The first-order chi connectivity index (χ1) is 10.6. The summed E-state index contributed by atoms with van der Waals surface area (Å²) in [4.78, 5) is 2.95. The Kier molecular flexibility index (Phi) is 3.70. The molecule has 1 nitrogen and oxygen atoms in total. The highest BCUT2D eigenvalue weighted by atomic mass is 32.2. The van der Waals surface area contributed by atoms with Crippen molar-refractivity contribution in [2.24, 2.45) is 5.92 Å². The molecule has 0 saturated heterocycles. The minimum Gasteiger partial charge on any atom is -0.355 e. The topological polar surface area (TPSA) is 15.8 Å². The molecule has 8 heteroatoms. The zero-order valence-corrected chi connectivity index (χ0v) is 12.6. The van der Waals surface area contributed by atoms with E-state index in [1.165, 1.54) is 18.4 Å². The normalized spacial score (nSPS) is 18.5. The Hall–Kier alpha value is -1.57. The van der Waals surface area contributed by atoms with Gasteiger partial charge >= 0.3 is 12.4 Å². The molecule has 0 amide bonds. The quantitative estimate of drug-likeness (QED) is 0.518. The molecule has 0 saturated carbocycles. The van der Waals surface area contributed by atoms with Crippen molar-refractivity contribution in [3.05, 3.63) is 35.0 Å². The molecule has 1 heterocycles. The van der Waals surface area contributed by atoms with Crippen molar-refractivity contribution in [3.8, 4) is 0 Å². The van der Waals surface area contributed by atoms with E-state index in [1.54, 1.807) is 0 Å². The average Bonchev–Trinajstić information content (AvgIpc) is 2.80. The molecular weight excluding hydrogens is 340 g/mol. The summed E-state index contributed by atoms with van der Waals surface area (Å²) in [5.74, 6) is -1.68. The molecule has 0 aliphatic heterocycles. The second-order valence-corrected chi connectivity index (χ2v) is 6.17. The van der Waals surface area contributed by atoms with Crippen molar-refractivity contribution in [3.63, 3.8) is 0 Å². The van der Waals surface area contributed by atoms with Gasteiger partial charge in [-0.2, -0.15) is 26.3 Å². The van der Waals surface area contributed by atoms with Crippen molar-refractivity contribution in [2.45, 2.75) is 23.7 Å². The van der Waals surface area contributed by atoms with E-state index >= 15 is 0 Å². The van der Waals surface area contributed by atoms with E-state index in [4.69, 9.17) is 0 Å². The number of alkyl halides is 6. The first-order valence-corrected chi connectivity index (χ1v) is 7.88. The maximum absolute atomic E-state index is 13.2. The van der Waals surface area contributed by atoms with Gasteiger partial charge < -0.3 is 4.98 Å². The molecular formula is C15H11F6NS. The van der Waals surface area contributed by atoms with Gasteiger partial charge in [0.25, 0.3) is 0 Å². The van der Waals surface area contributed by atoms with E-state index < -0.39 is 23.8 Å². The summed E-state index contributed by atoms with van der Waals surface area (Å²) in [6.45, 7) is 0.